The number of rotatable bonds is 8. The van der Waals surface area contributed by atoms with E-state index in [1.165, 1.54) is 9.46 Å². The molecule has 0 aliphatic carbocycles. The number of amides is 1. The SMILES string of the molecule is C[S+](CCOC(=O)N[C@@H](Cc1cn(C(=O)OC(C)(C)C)c2ccccc12)C(=O)O)c1ccccc1. The van der Waals surface area contributed by atoms with Crippen LogP contribution in [0.5, 0.6) is 0 Å². The lowest BCUT2D eigenvalue weighted by molar-refractivity contribution is -0.139. The molecule has 0 radical (unpaired) electrons. The number of fused-ring (bicyclic) bond motifs is 1. The molecule has 0 saturated heterocycles. The van der Waals surface area contributed by atoms with Crippen molar-refractivity contribution >= 4 is 40.0 Å². The van der Waals surface area contributed by atoms with E-state index >= 15 is 0 Å². The van der Waals surface area contributed by atoms with Crippen LogP contribution in [-0.4, -0.2) is 58.1 Å². The van der Waals surface area contributed by atoms with Crippen molar-refractivity contribution in [3.63, 3.8) is 0 Å². The van der Waals surface area contributed by atoms with E-state index in [9.17, 15) is 19.5 Å². The van der Waals surface area contributed by atoms with Crippen molar-refractivity contribution in [3.8, 4) is 0 Å². The fourth-order valence-corrected chi connectivity index (χ4v) is 4.70. The van der Waals surface area contributed by atoms with E-state index in [1.807, 2.05) is 30.3 Å². The predicted octanol–water partition coefficient (Wildman–Crippen LogP) is 4.45. The van der Waals surface area contributed by atoms with E-state index in [-0.39, 0.29) is 23.9 Å². The predicted molar refractivity (Wildman–Crippen MR) is 136 cm³/mol. The first kappa shape index (κ1) is 26.2. The number of alkyl carbamates (subject to hydrolysis) is 1. The number of nitrogens with zero attached hydrogens (tertiary/aromatic N) is 1. The topological polar surface area (TPSA) is 107 Å². The number of hydrogen-bond donors (Lipinski definition) is 2. The maximum Gasteiger partial charge on any atom is 0.419 e. The Kier molecular flexibility index (Phi) is 8.45. The van der Waals surface area contributed by atoms with Crippen molar-refractivity contribution in [1.29, 1.82) is 0 Å². The molecule has 0 saturated carbocycles. The molecule has 1 amide bonds. The van der Waals surface area contributed by atoms with Gasteiger partial charge in [-0.25, -0.2) is 14.4 Å². The first-order valence-corrected chi connectivity index (χ1v) is 13.0. The molecule has 0 fully saturated rings. The normalized spacial score (nSPS) is 13.1. The Labute approximate surface area is 207 Å². The molecule has 0 aliphatic heterocycles. The summed E-state index contributed by atoms with van der Waals surface area (Å²) in [6.45, 7) is 5.49. The first-order chi connectivity index (χ1) is 16.5. The second kappa shape index (κ2) is 11.3. The monoisotopic (exact) mass is 499 g/mol. The second-order valence-corrected chi connectivity index (χ2v) is 11.2. The van der Waals surface area contributed by atoms with Crippen LogP contribution in [0.15, 0.2) is 65.7 Å². The third kappa shape index (κ3) is 7.26. The van der Waals surface area contributed by atoms with Gasteiger partial charge in [-0.15, -0.1) is 0 Å². The number of aromatic nitrogens is 1. The van der Waals surface area contributed by atoms with Gasteiger partial charge in [-0.3, -0.25) is 4.57 Å². The third-order valence-electron chi connectivity index (χ3n) is 5.17. The Morgan fingerprint density at radius 1 is 1.06 bits per heavy atom. The van der Waals surface area contributed by atoms with E-state index < -0.39 is 29.8 Å². The van der Waals surface area contributed by atoms with Gasteiger partial charge in [0.15, 0.2) is 4.90 Å². The highest BCUT2D eigenvalue weighted by Gasteiger charge is 2.26. The third-order valence-corrected chi connectivity index (χ3v) is 7.02. The molecule has 1 aromatic heterocycles. The molecule has 0 bridgehead atoms. The van der Waals surface area contributed by atoms with Crippen LogP contribution < -0.4 is 5.32 Å². The molecule has 2 atom stereocenters. The van der Waals surface area contributed by atoms with Crippen molar-refractivity contribution in [2.75, 3.05) is 18.6 Å². The summed E-state index contributed by atoms with van der Waals surface area (Å²) in [7, 11) is -0.0957. The van der Waals surface area contributed by atoms with Crippen molar-refractivity contribution in [1.82, 2.24) is 9.88 Å². The average molecular weight is 500 g/mol. The zero-order chi connectivity index (χ0) is 25.6. The van der Waals surface area contributed by atoms with Gasteiger partial charge >= 0.3 is 18.2 Å². The van der Waals surface area contributed by atoms with Gasteiger partial charge in [-0.05, 0) is 44.5 Å². The number of carbonyl (C=O) groups excluding carboxylic acids is 2. The molecule has 3 rings (SSSR count). The Morgan fingerprint density at radius 2 is 1.71 bits per heavy atom. The number of carboxylic acid groups (broad SMARTS) is 1. The summed E-state index contributed by atoms with van der Waals surface area (Å²) in [6, 6.07) is 15.8. The molecule has 3 aromatic rings. The Bertz CT molecular complexity index is 1190. The molecular weight excluding hydrogens is 468 g/mol. The van der Waals surface area contributed by atoms with Gasteiger partial charge in [0.25, 0.3) is 0 Å². The Balaban J connectivity index is 1.67. The lowest BCUT2D eigenvalue weighted by Crippen LogP contribution is -2.42. The number of para-hydroxylation sites is 1. The van der Waals surface area contributed by atoms with Crippen molar-refractivity contribution in [2.24, 2.45) is 0 Å². The van der Waals surface area contributed by atoms with E-state index in [4.69, 9.17) is 9.47 Å². The minimum absolute atomic E-state index is 0.0249. The van der Waals surface area contributed by atoms with E-state index in [0.717, 1.165) is 0 Å². The number of carboxylic acids is 1. The molecule has 186 valence electrons. The maximum atomic E-state index is 12.7. The molecule has 9 heteroatoms. The van der Waals surface area contributed by atoms with Gasteiger partial charge < -0.3 is 19.9 Å². The Morgan fingerprint density at radius 3 is 2.37 bits per heavy atom. The molecule has 8 nitrogen and oxygen atoms in total. The maximum absolute atomic E-state index is 12.7. The average Bonchev–Trinajstić information content (AvgIpc) is 3.17. The number of benzene rings is 2. The zero-order valence-corrected chi connectivity index (χ0v) is 21.1. The molecule has 0 spiro atoms. The van der Waals surface area contributed by atoms with E-state index in [2.05, 4.69) is 11.6 Å². The van der Waals surface area contributed by atoms with Gasteiger partial charge in [0.1, 0.15) is 30.3 Å². The number of ether oxygens (including phenoxy) is 2. The van der Waals surface area contributed by atoms with Crippen LogP contribution in [0.3, 0.4) is 0 Å². The minimum Gasteiger partial charge on any atom is -0.480 e. The highest BCUT2D eigenvalue weighted by Crippen LogP contribution is 2.24. The van der Waals surface area contributed by atoms with Gasteiger partial charge in [-0.2, -0.15) is 0 Å². The van der Waals surface area contributed by atoms with Crippen LogP contribution in [0, 0.1) is 0 Å². The summed E-state index contributed by atoms with van der Waals surface area (Å²) in [5.41, 5.74) is 0.508. The molecule has 0 aliphatic rings. The standard InChI is InChI=1S/C26H30N2O6S/c1-26(2,3)34-25(32)28-17-18(20-12-8-9-13-22(20)28)16-21(23(29)30)27-24(31)33-14-15-35(4)19-10-6-5-7-11-19/h5-13,17,21H,14-16H2,1-4H3,(H-,27,29,30,31)/p+1/t21-,35?/m0/s1. The summed E-state index contributed by atoms with van der Waals surface area (Å²) in [6.07, 6.45) is 2.25. The second-order valence-electron chi connectivity index (χ2n) is 9.05. The van der Waals surface area contributed by atoms with Crippen LogP contribution in [0.25, 0.3) is 10.9 Å². The van der Waals surface area contributed by atoms with Crippen LogP contribution >= 0.6 is 0 Å². The number of hydrogen-bond acceptors (Lipinski definition) is 5. The van der Waals surface area contributed by atoms with Gasteiger partial charge in [0, 0.05) is 28.9 Å². The van der Waals surface area contributed by atoms with Crippen molar-refractivity contribution < 1.29 is 29.0 Å². The molecule has 2 aromatic carbocycles. The van der Waals surface area contributed by atoms with Gasteiger partial charge in [0.05, 0.1) is 5.52 Å². The van der Waals surface area contributed by atoms with Crippen LogP contribution in [0.2, 0.25) is 0 Å². The smallest absolute Gasteiger partial charge is 0.419 e. The Hall–Kier alpha value is -3.46. The van der Waals surface area contributed by atoms with Crippen LogP contribution in [-0.2, 0) is 31.6 Å². The molecular formula is C26H31N2O6S+. The fraction of sp³-hybridized carbons (Fsp3) is 0.346. The molecule has 1 heterocycles. The van der Waals surface area contributed by atoms with E-state index in [0.29, 0.717) is 22.2 Å². The highest BCUT2D eigenvalue weighted by atomic mass is 32.2. The van der Waals surface area contributed by atoms with Gasteiger partial charge in [0.2, 0.25) is 0 Å². The largest absolute Gasteiger partial charge is 0.480 e. The summed E-state index contributed by atoms with van der Waals surface area (Å²) in [5.74, 6) is -0.561. The van der Waals surface area contributed by atoms with Gasteiger partial charge in [-0.1, -0.05) is 36.4 Å². The highest BCUT2D eigenvalue weighted by molar-refractivity contribution is 7.96. The van der Waals surface area contributed by atoms with Crippen LogP contribution in [0.4, 0.5) is 9.59 Å². The summed E-state index contributed by atoms with van der Waals surface area (Å²) < 4.78 is 12.1. The summed E-state index contributed by atoms with van der Waals surface area (Å²) in [4.78, 5) is 38.1. The van der Waals surface area contributed by atoms with Crippen LogP contribution in [0.1, 0.15) is 26.3 Å². The fourth-order valence-electron chi connectivity index (χ4n) is 3.51. The molecule has 1 unspecified atom stereocenters. The lowest BCUT2D eigenvalue weighted by Gasteiger charge is -2.19. The molecule has 35 heavy (non-hydrogen) atoms. The molecule has 2 N–H and O–H groups in total. The summed E-state index contributed by atoms with van der Waals surface area (Å²) >= 11 is 0. The van der Waals surface area contributed by atoms with E-state index in [1.54, 1.807) is 51.2 Å². The van der Waals surface area contributed by atoms with Crippen molar-refractivity contribution in [2.45, 2.75) is 43.7 Å². The van der Waals surface area contributed by atoms with Crippen molar-refractivity contribution in [3.05, 3.63) is 66.4 Å². The minimum atomic E-state index is -1.23. The number of nitrogens with one attached hydrogen (secondary N) is 1. The first-order valence-electron chi connectivity index (χ1n) is 11.2. The lowest BCUT2D eigenvalue weighted by atomic mass is 10.1. The quantitative estimate of drug-likeness (QED) is 0.444. The number of carbonyl (C=O) groups is 3. The number of aliphatic carboxylic acids is 1. The zero-order valence-electron chi connectivity index (χ0n) is 20.3. The summed E-state index contributed by atoms with van der Waals surface area (Å²) in [5, 5.41) is 12.9.